The maximum Gasteiger partial charge on any atom is 0.320 e. The van der Waals surface area contributed by atoms with Gasteiger partial charge in [-0.1, -0.05) is 33.1 Å². The van der Waals surface area contributed by atoms with E-state index < -0.39 is 9.28 Å². The Kier molecular flexibility index (Phi) is 18.4. The van der Waals surface area contributed by atoms with Gasteiger partial charge in [-0.2, -0.15) is 0 Å². The average Bonchev–Trinajstić information content (AvgIpc) is 2.22. The third-order valence-corrected chi connectivity index (χ3v) is 3.81. The molecule has 2 N–H and O–H groups in total. The van der Waals surface area contributed by atoms with E-state index in [9.17, 15) is 0 Å². The summed E-state index contributed by atoms with van der Waals surface area (Å²) in [4.78, 5) is 0. The van der Waals surface area contributed by atoms with Crippen LogP contribution in [0.5, 0.6) is 0 Å². The molecule has 0 fully saturated rings. The highest BCUT2D eigenvalue weighted by Gasteiger charge is 2.06. The third kappa shape index (κ3) is 14.6. The van der Waals surface area contributed by atoms with Crippen LogP contribution in [0, 0.1) is 0 Å². The van der Waals surface area contributed by atoms with Crippen molar-refractivity contribution >= 4 is 9.28 Å². The topological polar surface area (TPSA) is 44.5 Å². The molecule has 0 amide bonds. The van der Waals surface area contributed by atoms with Crippen LogP contribution in [-0.2, 0) is 8.85 Å². The van der Waals surface area contributed by atoms with Gasteiger partial charge >= 0.3 is 9.28 Å². The van der Waals surface area contributed by atoms with Crippen molar-refractivity contribution in [2.75, 3.05) is 20.8 Å². The Morgan fingerprint density at radius 3 is 1.71 bits per heavy atom. The fourth-order valence-electron chi connectivity index (χ4n) is 0.907. The monoisotopic (exact) mass is 221 g/mol. The molecular weight excluding hydrogens is 194 g/mol. The lowest BCUT2D eigenvalue weighted by Gasteiger charge is -2.08. The first-order chi connectivity index (χ1) is 6.76. The summed E-state index contributed by atoms with van der Waals surface area (Å²) in [5.41, 5.74) is 5.14. The summed E-state index contributed by atoms with van der Waals surface area (Å²) in [5.74, 6) is 0. The van der Waals surface area contributed by atoms with Gasteiger partial charge in [-0.15, -0.1) is 0 Å². The summed E-state index contributed by atoms with van der Waals surface area (Å²) >= 11 is 0. The quantitative estimate of drug-likeness (QED) is 0.669. The van der Waals surface area contributed by atoms with Gasteiger partial charge in [-0.3, -0.25) is 0 Å². The van der Waals surface area contributed by atoms with E-state index in [0.717, 1.165) is 12.6 Å². The molecule has 0 aromatic carbocycles. The molecule has 0 unspecified atom stereocenters. The van der Waals surface area contributed by atoms with Crippen LogP contribution < -0.4 is 5.73 Å². The summed E-state index contributed by atoms with van der Waals surface area (Å²) in [6.07, 6.45) is 4.85. The molecule has 0 rings (SSSR count). The first kappa shape index (κ1) is 16.5. The molecule has 0 saturated carbocycles. The molecule has 0 spiro atoms. The molecular formula is C10H27NO2Si. The minimum atomic E-state index is -1.21. The predicted molar refractivity (Wildman–Crippen MR) is 64.8 cm³/mol. The molecule has 0 saturated heterocycles. The van der Waals surface area contributed by atoms with Crippen molar-refractivity contribution in [1.29, 1.82) is 0 Å². The van der Waals surface area contributed by atoms with Crippen molar-refractivity contribution in [1.82, 2.24) is 0 Å². The van der Waals surface area contributed by atoms with Gasteiger partial charge in [0.25, 0.3) is 0 Å². The Morgan fingerprint density at radius 1 is 1.00 bits per heavy atom. The van der Waals surface area contributed by atoms with Crippen LogP contribution in [0.4, 0.5) is 0 Å². The molecule has 0 aliphatic rings. The third-order valence-electron chi connectivity index (χ3n) is 1.88. The van der Waals surface area contributed by atoms with Crippen LogP contribution >= 0.6 is 0 Å². The normalized spacial score (nSPS) is 9.86. The largest absolute Gasteiger partial charge is 0.400 e. The maximum atomic E-state index is 5.14. The SMILES string of the molecule is CCCCN.CCCC[SiH](OC)OC. The number of hydrogen-bond donors (Lipinski definition) is 1. The highest BCUT2D eigenvalue weighted by molar-refractivity contribution is 6.44. The van der Waals surface area contributed by atoms with E-state index in [1.54, 1.807) is 14.2 Å². The Bertz CT molecular complexity index is 88.2. The van der Waals surface area contributed by atoms with Crippen LogP contribution in [0.2, 0.25) is 6.04 Å². The molecule has 0 aliphatic carbocycles. The summed E-state index contributed by atoms with van der Waals surface area (Å²) in [7, 11) is 2.25. The zero-order valence-electron chi connectivity index (χ0n) is 10.2. The Hall–Kier alpha value is 0.0969. The van der Waals surface area contributed by atoms with Gasteiger partial charge < -0.3 is 14.6 Å². The summed E-state index contributed by atoms with van der Waals surface area (Å²) in [5, 5.41) is 0. The zero-order valence-corrected chi connectivity index (χ0v) is 11.4. The highest BCUT2D eigenvalue weighted by atomic mass is 28.3. The van der Waals surface area contributed by atoms with Gasteiger partial charge in [-0.25, -0.2) is 0 Å². The summed E-state index contributed by atoms with van der Waals surface area (Å²) in [6, 6.07) is 1.14. The van der Waals surface area contributed by atoms with Gasteiger partial charge in [0, 0.05) is 14.2 Å². The zero-order chi connectivity index (χ0) is 11.2. The molecule has 0 heterocycles. The molecule has 0 aromatic rings. The molecule has 0 bridgehead atoms. The Labute approximate surface area is 90.8 Å². The lowest BCUT2D eigenvalue weighted by atomic mass is 10.3. The molecule has 14 heavy (non-hydrogen) atoms. The molecule has 0 atom stereocenters. The summed E-state index contributed by atoms with van der Waals surface area (Å²) < 4.78 is 10.2. The minimum absolute atomic E-state index is 0.844. The molecule has 0 aliphatic heterocycles. The van der Waals surface area contributed by atoms with E-state index in [2.05, 4.69) is 13.8 Å². The molecule has 3 nitrogen and oxygen atoms in total. The maximum absolute atomic E-state index is 5.14. The van der Waals surface area contributed by atoms with E-state index in [1.165, 1.54) is 25.7 Å². The number of hydrogen-bond acceptors (Lipinski definition) is 3. The predicted octanol–water partition coefficient (Wildman–Crippen LogP) is 2.04. The molecule has 0 radical (unpaired) electrons. The number of rotatable bonds is 7. The second-order valence-electron chi connectivity index (χ2n) is 3.19. The average molecular weight is 221 g/mol. The Morgan fingerprint density at radius 2 is 1.50 bits per heavy atom. The molecule has 0 aromatic heterocycles. The van der Waals surface area contributed by atoms with Gasteiger partial charge in [0.2, 0.25) is 0 Å². The fraction of sp³-hybridized carbons (Fsp3) is 1.00. The fourth-order valence-corrected chi connectivity index (χ4v) is 2.31. The van der Waals surface area contributed by atoms with E-state index in [0.29, 0.717) is 0 Å². The van der Waals surface area contributed by atoms with Crippen molar-refractivity contribution in [2.24, 2.45) is 5.73 Å². The first-order valence-electron chi connectivity index (χ1n) is 5.52. The lowest BCUT2D eigenvalue weighted by molar-refractivity contribution is 0.276. The van der Waals surface area contributed by atoms with Gasteiger partial charge in [0.1, 0.15) is 0 Å². The van der Waals surface area contributed by atoms with E-state index in [-0.39, 0.29) is 0 Å². The minimum Gasteiger partial charge on any atom is -0.400 e. The van der Waals surface area contributed by atoms with Crippen LogP contribution in [0.1, 0.15) is 39.5 Å². The molecule has 4 heteroatoms. The second-order valence-corrected chi connectivity index (χ2v) is 5.56. The van der Waals surface area contributed by atoms with Gasteiger partial charge in [-0.05, 0) is 19.0 Å². The highest BCUT2D eigenvalue weighted by Crippen LogP contribution is 2.01. The van der Waals surface area contributed by atoms with Crippen LogP contribution in [0.25, 0.3) is 0 Å². The van der Waals surface area contributed by atoms with Crippen LogP contribution in [-0.4, -0.2) is 30.0 Å². The van der Waals surface area contributed by atoms with E-state index >= 15 is 0 Å². The van der Waals surface area contributed by atoms with Crippen molar-refractivity contribution < 1.29 is 8.85 Å². The second kappa shape index (κ2) is 15.6. The van der Waals surface area contributed by atoms with Crippen molar-refractivity contribution in [3.63, 3.8) is 0 Å². The van der Waals surface area contributed by atoms with E-state index in [4.69, 9.17) is 14.6 Å². The number of unbranched alkanes of at least 4 members (excludes halogenated alkanes) is 2. The standard InChI is InChI=1S/C6H16O2Si.C4H11N/c1-4-5-6-9(7-2)8-3;1-2-3-4-5/h9H,4-6H2,1-3H3;2-5H2,1H3. The van der Waals surface area contributed by atoms with Crippen molar-refractivity contribution in [3.05, 3.63) is 0 Å². The van der Waals surface area contributed by atoms with Gasteiger partial charge in [0.15, 0.2) is 0 Å². The molecule has 88 valence electrons. The van der Waals surface area contributed by atoms with Gasteiger partial charge in [0.05, 0.1) is 0 Å². The summed E-state index contributed by atoms with van der Waals surface area (Å²) in [6.45, 7) is 5.15. The van der Waals surface area contributed by atoms with Crippen LogP contribution in [0.3, 0.4) is 0 Å². The van der Waals surface area contributed by atoms with Crippen LogP contribution in [0.15, 0.2) is 0 Å². The number of nitrogens with two attached hydrogens (primary N) is 1. The van der Waals surface area contributed by atoms with Crippen molar-refractivity contribution in [3.8, 4) is 0 Å². The van der Waals surface area contributed by atoms with E-state index in [1.807, 2.05) is 0 Å². The van der Waals surface area contributed by atoms with Crippen molar-refractivity contribution in [2.45, 2.75) is 45.6 Å². The smallest absolute Gasteiger partial charge is 0.320 e. The Balaban J connectivity index is 0. The first-order valence-corrected chi connectivity index (χ1v) is 7.28. The lowest BCUT2D eigenvalue weighted by Crippen LogP contribution is -2.18.